The molecule has 0 saturated carbocycles. The number of urea groups is 1. The van der Waals surface area contributed by atoms with Crippen LogP contribution in [0.15, 0.2) is 84.6 Å². The number of carbonyl (C=O) groups excluding carboxylic acids is 2. The summed E-state index contributed by atoms with van der Waals surface area (Å²) in [5.41, 5.74) is 2.73. The maximum absolute atomic E-state index is 12.9. The summed E-state index contributed by atoms with van der Waals surface area (Å²) in [6.07, 6.45) is 1.63. The smallest absolute Gasteiger partial charge is 0.329 e. The van der Waals surface area contributed by atoms with E-state index < -0.39 is 6.03 Å². The molecule has 1 N–H and O–H groups in total. The van der Waals surface area contributed by atoms with Crippen molar-refractivity contribution in [2.75, 3.05) is 0 Å². The van der Waals surface area contributed by atoms with Crippen LogP contribution in [0.25, 0.3) is 6.08 Å². The number of halogens is 1. The summed E-state index contributed by atoms with van der Waals surface area (Å²) >= 11 is 0. The fraction of sp³-hybridized carbons (Fsp3) is 0.0833. The van der Waals surface area contributed by atoms with E-state index >= 15 is 0 Å². The molecule has 150 valence electrons. The molecule has 4 rings (SSSR count). The van der Waals surface area contributed by atoms with Gasteiger partial charge in [0, 0.05) is 0 Å². The normalized spacial score (nSPS) is 14.8. The molecule has 1 aliphatic rings. The van der Waals surface area contributed by atoms with Crippen molar-refractivity contribution in [1.29, 1.82) is 0 Å². The number of hydrogen-bond donors (Lipinski definition) is 1. The van der Waals surface area contributed by atoms with Crippen molar-refractivity contribution in [2.45, 2.75) is 13.2 Å². The van der Waals surface area contributed by atoms with Crippen LogP contribution in [0.3, 0.4) is 0 Å². The molecule has 1 fully saturated rings. The lowest BCUT2D eigenvalue weighted by Gasteiger charge is -2.11. The van der Waals surface area contributed by atoms with Gasteiger partial charge in [0.2, 0.25) is 0 Å². The zero-order valence-corrected chi connectivity index (χ0v) is 16.0. The van der Waals surface area contributed by atoms with E-state index in [0.717, 1.165) is 16.7 Å². The third-order valence-corrected chi connectivity index (χ3v) is 4.66. The molecular weight excluding hydrogens is 383 g/mol. The van der Waals surface area contributed by atoms with Gasteiger partial charge in [-0.05, 0) is 47.0 Å². The van der Waals surface area contributed by atoms with Gasteiger partial charge in [-0.15, -0.1) is 0 Å². The Morgan fingerprint density at radius 2 is 1.57 bits per heavy atom. The molecule has 30 heavy (non-hydrogen) atoms. The van der Waals surface area contributed by atoms with E-state index in [1.165, 1.54) is 17.0 Å². The van der Waals surface area contributed by atoms with Gasteiger partial charge >= 0.3 is 6.03 Å². The highest BCUT2D eigenvalue weighted by molar-refractivity contribution is 6.13. The average molecular weight is 402 g/mol. The van der Waals surface area contributed by atoms with Crippen LogP contribution < -0.4 is 10.1 Å². The number of nitrogens with one attached hydrogen (secondary N) is 1. The molecule has 5 nitrogen and oxygen atoms in total. The Morgan fingerprint density at radius 3 is 2.27 bits per heavy atom. The van der Waals surface area contributed by atoms with Gasteiger partial charge in [0.1, 0.15) is 23.9 Å². The molecule has 1 heterocycles. The zero-order chi connectivity index (χ0) is 20.9. The first-order valence-corrected chi connectivity index (χ1v) is 9.44. The first-order chi connectivity index (χ1) is 14.6. The monoisotopic (exact) mass is 402 g/mol. The summed E-state index contributed by atoms with van der Waals surface area (Å²) in [4.78, 5) is 26.0. The van der Waals surface area contributed by atoms with Crippen LogP contribution in [0.2, 0.25) is 0 Å². The average Bonchev–Trinajstić information content (AvgIpc) is 3.02. The van der Waals surface area contributed by atoms with Gasteiger partial charge in [0.05, 0.1) is 6.54 Å². The predicted octanol–water partition coefficient (Wildman–Crippen LogP) is 4.50. The van der Waals surface area contributed by atoms with Gasteiger partial charge in [-0.1, -0.05) is 54.6 Å². The number of imide groups is 1. The van der Waals surface area contributed by atoms with E-state index in [-0.39, 0.29) is 24.0 Å². The van der Waals surface area contributed by atoms with E-state index in [0.29, 0.717) is 12.4 Å². The lowest BCUT2D eigenvalue weighted by Crippen LogP contribution is -2.30. The van der Waals surface area contributed by atoms with E-state index in [1.54, 1.807) is 42.5 Å². The van der Waals surface area contributed by atoms with E-state index in [9.17, 15) is 14.0 Å². The van der Waals surface area contributed by atoms with Crippen molar-refractivity contribution in [1.82, 2.24) is 10.2 Å². The second kappa shape index (κ2) is 8.61. The minimum absolute atomic E-state index is 0.221. The molecule has 0 unspecified atom stereocenters. The Bertz CT molecular complexity index is 1080. The summed E-state index contributed by atoms with van der Waals surface area (Å²) in [6.45, 7) is 0.544. The summed E-state index contributed by atoms with van der Waals surface area (Å²) in [5, 5.41) is 2.62. The van der Waals surface area contributed by atoms with Gasteiger partial charge in [-0.3, -0.25) is 9.69 Å². The van der Waals surface area contributed by atoms with Crippen molar-refractivity contribution >= 4 is 18.0 Å². The zero-order valence-electron chi connectivity index (χ0n) is 16.0. The van der Waals surface area contributed by atoms with Crippen LogP contribution in [-0.2, 0) is 17.9 Å². The van der Waals surface area contributed by atoms with Crippen LogP contribution >= 0.6 is 0 Å². The molecule has 6 heteroatoms. The Morgan fingerprint density at radius 1 is 0.867 bits per heavy atom. The SMILES string of the molecule is O=C1N/C(=C/c2ccc(OCc3ccc(F)cc3)cc2)C(=O)N1Cc1ccccc1. The molecule has 0 spiro atoms. The van der Waals surface area contributed by atoms with Crippen molar-refractivity contribution in [3.63, 3.8) is 0 Å². The second-order valence-electron chi connectivity index (χ2n) is 6.85. The molecule has 1 aliphatic heterocycles. The fourth-order valence-electron chi connectivity index (χ4n) is 3.06. The number of hydrogen-bond acceptors (Lipinski definition) is 3. The molecule has 0 aromatic heterocycles. The number of ether oxygens (including phenoxy) is 1. The van der Waals surface area contributed by atoms with E-state index in [1.807, 2.05) is 30.3 Å². The lowest BCUT2D eigenvalue weighted by molar-refractivity contribution is -0.123. The van der Waals surface area contributed by atoms with Crippen LogP contribution in [0.4, 0.5) is 9.18 Å². The van der Waals surface area contributed by atoms with Gasteiger partial charge in [0.15, 0.2) is 0 Å². The fourth-order valence-corrected chi connectivity index (χ4v) is 3.06. The maximum Gasteiger partial charge on any atom is 0.329 e. The van der Waals surface area contributed by atoms with E-state index in [2.05, 4.69) is 5.32 Å². The first-order valence-electron chi connectivity index (χ1n) is 9.44. The summed E-state index contributed by atoms with van der Waals surface area (Å²) < 4.78 is 18.6. The Kier molecular flexibility index (Phi) is 5.57. The number of carbonyl (C=O) groups is 2. The standard InChI is InChI=1S/C24H19FN2O3/c25-20-10-6-19(7-11-20)16-30-21-12-8-17(9-13-21)14-22-23(28)27(24(29)26-22)15-18-4-2-1-3-5-18/h1-14H,15-16H2,(H,26,29)/b22-14+. The third kappa shape index (κ3) is 4.55. The molecular formula is C24H19FN2O3. The van der Waals surface area contributed by atoms with Crippen LogP contribution in [0.5, 0.6) is 5.75 Å². The van der Waals surface area contributed by atoms with Gasteiger partial charge in [-0.2, -0.15) is 0 Å². The number of benzene rings is 3. The van der Waals surface area contributed by atoms with Crippen molar-refractivity contribution in [3.8, 4) is 5.75 Å². The van der Waals surface area contributed by atoms with Crippen LogP contribution in [0, 0.1) is 5.82 Å². The predicted molar refractivity (Wildman–Crippen MR) is 111 cm³/mol. The quantitative estimate of drug-likeness (QED) is 0.488. The Labute approximate surface area is 173 Å². The summed E-state index contributed by atoms with van der Waals surface area (Å²) in [5.74, 6) is 0.00137. The highest BCUT2D eigenvalue weighted by atomic mass is 19.1. The molecule has 3 aromatic carbocycles. The lowest BCUT2D eigenvalue weighted by atomic mass is 10.1. The molecule has 0 aliphatic carbocycles. The summed E-state index contributed by atoms with van der Waals surface area (Å²) in [6, 6.07) is 22.2. The number of amides is 3. The topological polar surface area (TPSA) is 58.6 Å². The van der Waals surface area contributed by atoms with Crippen LogP contribution in [-0.4, -0.2) is 16.8 Å². The van der Waals surface area contributed by atoms with Crippen molar-refractivity contribution in [2.24, 2.45) is 0 Å². The molecule has 0 radical (unpaired) electrons. The molecule has 3 amide bonds. The minimum atomic E-state index is -0.436. The highest BCUT2D eigenvalue weighted by Crippen LogP contribution is 2.19. The number of rotatable bonds is 6. The largest absolute Gasteiger partial charge is 0.489 e. The molecule has 3 aromatic rings. The first kappa shape index (κ1) is 19.4. The molecule has 0 atom stereocenters. The highest BCUT2D eigenvalue weighted by Gasteiger charge is 2.33. The Balaban J connectivity index is 1.40. The summed E-state index contributed by atoms with van der Waals surface area (Å²) in [7, 11) is 0. The second-order valence-corrected chi connectivity index (χ2v) is 6.85. The molecule has 1 saturated heterocycles. The van der Waals surface area contributed by atoms with Crippen molar-refractivity contribution < 1.29 is 18.7 Å². The van der Waals surface area contributed by atoms with Crippen molar-refractivity contribution in [3.05, 3.63) is 107 Å². The molecule has 0 bridgehead atoms. The Hall–Kier alpha value is -3.93. The van der Waals surface area contributed by atoms with Crippen LogP contribution in [0.1, 0.15) is 16.7 Å². The number of nitrogens with zero attached hydrogens (tertiary/aromatic N) is 1. The minimum Gasteiger partial charge on any atom is -0.489 e. The third-order valence-electron chi connectivity index (χ3n) is 4.66. The van der Waals surface area contributed by atoms with Gasteiger partial charge in [-0.25, -0.2) is 9.18 Å². The van der Waals surface area contributed by atoms with E-state index in [4.69, 9.17) is 4.74 Å². The maximum atomic E-state index is 12.9. The van der Waals surface area contributed by atoms with Gasteiger partial charge < -0.3 is 10.1 Å². The van der Waals surface area contributed by atoms with Gasteiger partial charge in [0.25, 0.3) is 5.91 Å².